The van der Waals surface area contributed by atoms with Gasteiger partial charge in [-0.15, -0.1) is 0 Å². The highest BCUT2D eigenvalue weighted by atomic mass is 79.9. The Kier molecular flexibility index (Phi) is 7.66. The quantitative estimate of drug-likeness (QED) is 0.288. The van der Waals surface area contributed by atoms with Crippen molar-refractivity contribution in [2.45, 2.75) is 6.61 Å². The van der Waals surface area contributed by atoms with Crippen LogP contribution >= 0.6 is 27.5 Å². The van der Waals surface area contributed by atoms with E-state index in [0.29, 0.717) is 20.7 Å². The van der Waals surface area contributed by atoms with E-state index in [4.69, 9.17) is 16.3 Å². The van der Waals surface area contributed by atoms with Crippen LogP contribution in [0.3, 0.4) is 0 Å². The minimum absolute atomic E-state index is 0.0634. The van der Waals surface area contributed by atoms with Crippen molar-refractivity contribution < 1.29 is 27.9 Å². The van der Waals surface area contributed by atoms with E-state index >= 15 is 0 Å². The minimum atomic E-state index is -0.792. The third-order valence-corrected chi connectivity index (χ3v) is 5.91. The molecule has 0 spiro atoms. The molecule has 1 heterocycles. The van der Waals surface area contributed by atoms with Gasteiger partial charge in [-0.05, 0) is 69.5 Å². The number of carbonyl (C=O) groups excluding carboxylic acids is 3. The second kappa shape index (κ2) is 10.9. The Labute approximate surface area is 217 Å². The number of rotatable bonds is 7. The number of para-hydroxylation sites is 1. The summed E-state index contributed by atoms with van der Waals surface area (Å²) in [5, 5.41) is 4.97. The van der Waals surface area contributed by atoms with Gasteiger partial charge in [-0.25, -0.2) is 18.5 Å². The zero-order valence-electron chi connectivity index (χ0n) is 18.4. The van der Waals surface area contributed by atoms with Crippen molar-refractivity contribution >= 4 is 57.1 Å². The first-order valence-corrected chi connectivity index (χ1v) is 11.6. The lowest BCUT2D eigenvalue weighted by atomic mass is 10.1. The van der Waals surface area contributed by atoms with Gasteiger partial charge in [0.15, 0.2) is 5.75 Å². The third kappa shape index (κ3) is 5.89. The van der Waals surface area contributed by atoms with Gasteiger partial charge in [0, 0.05) is 0 Å². The molecule has 1 aliphatic rings. The molecule has 7 nitrogen and oxygen atoms in total. The molecule has 0 saturated carbocycles. The van der Waals surface area contributed by atoms with Crippen molar-refractivity contribution in [2.24, 2.45) is 0 Å². The van der Waals surface area contributed by atoms with E-state index in [1.165, 1.54) is 48.5 Å². The molecule has 184 valence electrons. The smallest absolute Gasteiger partial charge is 0.329 e. The van der Waals surface area contributed by atoms with Crippen LogP contribution in [0.2, 0.25) is 5.02 Å². The average Bonchev–Trinajstić information content (AvgIpc) is 3.08. The third-order valence-electron chi connectivity index (χ3n) is 5.04. The van der Waals surface area contributed by atoms with Gasteiger partial charge < -0.3 is 15.4 Å². The first-order chi connectivity index (χ1) is 17.2. The number of hydrogen-bond acceptors (Lipinski definition) is 4. The van der Waals surface area contributed by atoms with E-state index < -0.39 is 30.2 Å². The Balaban J connectivity index is 1.44. The maximum atomic E-state index is 13.7. The second-order valence-corrected chi connectivity index (χ2v) is 8.90. The topological polar surface area (TPSA) is 87.7 Å². The van der Waals surface area contributed by atoms with Crippen LogP contribution in [0.5, 0.6) is 5.75 Å². The van der Waals surface area contributed by atoms with Crippen LogP contribution in [0.1, 0.15) is 11.1 Å². The van der Waals surface area contributed by atoms with Gasteiger partial charge in [0.2, 0.25) is 5.91 Å². The van der Waals surface area contributed by atoms with Gasteiger partial charge in [-0.1, -0.05) is 35.9 Å². The molecule has 0 atom stereocenters. The number of anilines is 1. The number of hydrogen-bond donors (Lipinski definition) is 2. The molecule has 3 aromatic carbocycles. The van der Waals surface area contributed by atoms with Crippen LogP contribution < -0.4 is 15.4 Å². The molecule has 4 amide bonds. The molecule has 0 unspecified atom stereocenters. The van der Waals surface area contributed by atoms with Crippen LogP contribution in [0, 0.1) is 11.6 Å². The zero-order valence-corrected chi connectivity index (χ0v) is 20.7. The molecule has 3 aromatic rings. The van der Waals surface area contributed by atoms with Crippen LogP contribution in [0.4, 0.5) is 19.3 Å². The van der Waals surface area contributed by atoms with Crippen LogP contribution in [-0.4, -0.2) is 29.3 Å². The summed E-state index contributed by atoms with van der Waals surface area (Å²) in [7, 11) is 0. The zero-order chi connectivity index (χ0) is 25.8. The highest BCUT2D eigenvalue weighted by molar-refractivity contribution is 9.10. The van der Waals surface area contributed by atoms with Crippen molar-refractivity contribution in [2.75, 3.05) is 11.9 Å². The van der Waals surface area contributed by atoms with E-state index in [1.807, 2.05) is 0 Å². The van der Waals surface area contributed by atoms with E-state index in [2.05, 4.69) is 26.6 Å². The molecule has 1 saturated heterocycles. The van der Waals surface area contributed by atoms with Crippen molar-refractivity contribution in [3.63, 3.8) is 0 Å². The predicted octanol–water partition coefficient (Wildman–Crippen LogP) is 5.49. The lowest BCUT2D eigenvalue weighted by Gasteiger charge is -2.12. The van der Waals surface area contributed by atoms with Crippen LogP contribution in [0.15, 0.2) is 70.8 Å². The van der Waals surface area contributed by atoms with Gasteiger partial charge >= 0.3 is 6.03 Å². The number of carbonyl (C=O) groups is 3. The average molecular weight is 577 g/mol. The van der Waals surface area contributed by atoms with E-state index in [0.717, 1.165) is 5.56 Å². The molecule has 11 heteroatoms. The molecular weight excluding hydrogens is 560 g/mol. The summed E-state index contributed by atoms with van der Waals surface area (Å²) in [6.07, 6.45) is 1.40. The Hall–Kier alpha value is -3.76. The highest BCUT2D eigenvalue weighted by Crippen LogP contribution is 2.36. The highest BCUT2D eigenvalue weighted by Gasteiger charge is 2.35. The molecule has 0 aliphatic carbocycles. The minimum Gasteiger partial charge on any atom is -0.486 e. The fourth-order valence-corrected chi connectivity index (χ4v) is 4.30. The standard InChI is InChI=1S/C25H17BrClF2N3O4/c26-17-9-15(10-18(27)23(17)36-13-14-5-7-16(28)8-6-14)11-21-24(34)32(25(35)31-21)12-22(33)30-20-4-2-1-3-19(20)29/h1-11H,12-13H2,(H,30,33)(H,31,35)/b21-11+. The Morgan fingerprint density at radius 3 is 2.53 bits per heavy atom. The number of ether oxygens (including phenoxy) is 1. The normalized spacial score (nSPS) is 14.2. The number of urea groups is 1. The van der Waals surface area contributed by atoms with Gasteiger partial charge in [-0.3, -0.25) is 9.59 Å². The van der Waals surface area contributed by atoms with Gasteiger partial charge in [-0.2, -0.15) is 0 Å². The molecule has 0 aromatic heterocycles. The number of halogens is 4. The van der Waals surface area contributed by atoms with Crippen molar-refractivity contribution in [1.82, 2.24) is 10.2 Å². The molecule has 0 radical (unpaired) electrons. The molecule has 2 N–H and O–H groups in total. The molecule has 0 bridgehead atoms. The summed E-state index contributed by atoms with van der Waals surface area (Å²) >= 11 is 9.73. The summed E-state index contributed by atoms with van der Waals surface area (Å²) in [5.41, 5.74) is 1.08. The monoisotopic (exact) mass is 575 g/mol. The fourth-order valence-electron chi connectivity index (χ4n) is 3.31. The first-order valence-electron chi connectivity index (χ1n) is 10.5. The fraction of sp³-hybridized carbons (Fsp3) is 0.0800. The lowest BCUT2D eigenvalue weighted by molar-refractivity contribution is -0.127. The van der Waals surface area contributed by atoms with Crippen molar-refractivity contribution in [3.05, 3.63) is 98.6 Å². The number of nitrogens with one attached hydrogen (secondary N) is 2. The van der Waals surface area contributed by atoms with E-state index in [-0.39, 0.29) is 28.8 Å². The van der Waals surface area contributed by atoms with Crippen LogP contribution in [-0.2, 0) is 16.2 Å². The summed E-state index contributed by atoms with van der Waals surface area (Å²) < 4.78 is 33.0. The summed E-state index contributed by atoms with van der Waals surface area (Å²) in [6, 6.07) is 13.7. The van der Waals surface area contributed by atoms with Crippen molar-refractivity contribution in [3.8, 4) is 5.75 Å². The first kappa shape index (κ1) is 25.3. The molecular formula is C25H17BrClF2N3O4. The molecule has 4 rings (SSSR count). The number of nitrogens with zero attached hydrogens (tertiary/aromatic N) is 1. The molecule has 1 fully saturated rings. The SMILES string of the molecule is O=C(CN1C(=O)N/C(=C/c2cc(Cl)c(OCc3ccc(F)cc3)c(Br)c2)C1=O)Nc1ccccc1F. The summed E-state index contributed by atoms with van der Waals surface area (Å²) in [4.78, 5) is 38.0. The van der Waals surface area contributed by atoms with E-state index in [9.17, 15) is 23.2 Å². The summed E-state index contributed by atoms with van der Waals surface area (Å²) in [6.45, 7) is -0.450. The lowest BCUT2D eigenvalue weighted by Crippen LogP contribution is -2.38. The molecule has 1 aliphatic heterocycles. The summed E-state index contributed by atoms with van der Waals surface area (Å²) in [5.74, 6) is -2.12. The Morgan fingerprint density at radius 1 is 1.11 bits per heavy atom. The van der Waals surface area contributed by atoms with Crippen molar-refractivity contribution in [1.29, 1.82) is 0 Å². The number of benzene rings is 3. The largest absolute Gasteiger partial charge is 0.486 e. The van der Waals surface area contributed by atoms with Gasteiger partial charge in [0.1, 0.15) is 30.5 Å². The van der Waals surface area contributed by atoms with Gasteiger partial charge in [0.25, 0.3) is 5.91 Å². The Bertz CT molecular complexity index is 1360. The number of imide groups is 1. The molecule has 36 heavy (non-hydrogen) atoms. The number of amides is 4. The Morgan fingerprint density at radius 2 is 1.83 bits per heavy atom. The predicted molar refractivity (Wildman–Crippen MR) is 133 cm³/mol. The van der Waals surface area contributed by atoms with Gasteiger partial charge in [0.05, 0.1) is 15.2 Å². The maximum absolute atomic E-state index is 13.7. The van der Waals surface area contributed by atoms with E-state index in [1.54, 1.807) is 18.2 Å². The second-order valence-electron chi connectivity index (χ2n) is 7.64. The maximum Gasteiger partial charge on any atom is 0.329 e. The van der Waals surface area contributed by atoms with Crippen LogP contribution in [0.25, 0.3) is 6.08 Å².